The normalized spacial score (nSPS) is 33.5. The lowest BCUT2D eigenvalue weighted by molar-refractivity contribution is 0.355. The van der Waals surface area contributed by atoms with E-state index >= 15 is 0 Å². The molecule has 2 aliphatic rings. The maximum atomic E-state index is 3.52. The molecule has 13 heavy (non-hydrogen) atoms. The summed E-state index contributed by atoms with van der Waals surface area (Å²) < 4.78 is 0. The minimum atomic E-state index is 0.579. The monoisotopic (exact) mass is 182 g/mol. The Morgan fingerprint density at radius 3 is 2.92 bits per heavy atom. The summed E-state index contributed by atoms with van der Waals surface area (Å²) in [7, 11) is 0. The Morgan fingerprint density at radius 2 is 2.31 bits per heavy atom. The van der Waals surface area contributed by atoms with Crippen molar-refractivity contribution in [3.8, 4) is 0 Å². The van der Waals surface area contributed by atoms with Crippen molar-refractivity contribution in [2.24, 2.45) is 0 Å². The highest BCUT2D eigenvalue weighted by Gasteiger charge is 2.18. The quantitative estimate of drug-likeness (QED) is 0.457. The summed E-state index contributed by atoms with van der Waals surface area (Å²) >= 11 is 0. The van der Waals surface area contributed by atoms with Gasteiger partial charge in [-0.2, -0.15) is 0 Å². The first kappa shape index (κ1) is 8.84. The standard InChI is InChI=1S/C9H18N4/c1-7-3-12-9(5-11-7)2-8-4-10-6-13-8/h4,7,9-13H,2-3,5-6H2,1H3. The number of piperazine rings is 1. The van der Waals surface area contributed by atoms with Crippen molar-refractivity contribution in [1.82, 2.24) is 21.3 Å². The Morgan fingerprint density at radius 1 is 1.38 bits per heavy atom. The average Bonchev–Trinajstić information content (AvgIpc) is 2.62. The maximum absolute atomic E-state index is 3.52. The molecule has 0 bridgehead atoms. The van der Waals surface area contributed by atoms with Gasteiger partial charge in [0.15, 0.2) is 0 Å². The van der Waals surface area contributed by atoms with Gasteiger partial charge in [-0.05, 0) is 6.92 Å². The Labute approximate surface area is 79.2 Å². The predicted octanol–water partition coefficient (Wildman–Crippen LogP) is -0.682. The van der Waals surface area contributed by atoms with Crippen LogP contribution in [0.5, 0.6) is 0 Å². The summed E-state index contributed by atoms with van der Waals surface area (Å²) in [5.41, 5.74) is 1.31. The highest BCUT2D eigenvalue weighted by molar-refractivity contribution is 5.06. The molecule has 4 nitrogen and oxygen atoms in total. The Bertz CT molecular complexity index is 194. The molecule has 0 saturated carbocycles. The second-order valence-corrected chi connectivity index (χ2v) is 3.85. The third-order valence-electron chi connectivity index (χ3n) is 2.59. The van der Waals surface area contributed by atoms with Crippen molar-refractivity contribution in [3.05, 3.63) is 11.9 Å². The molecule has 4 N–H and O–H groups in total. The molecule has 0 spiro atoms. The molecule has 2 heterocycles. The fraction of sp³-hybridized carbons (Fsp3) is 0.778. The molecule has 2 aliphatic heterocycles. The van der Waals surface area contributed by atoms with Crippen molar-refractivity contribution in [2.45, 2.75) is 25.4 Å². The first-order chi connectivity index (χ1) is 6.34. The maximum Gasteiger partial charge on any atom is 0.0843 e. The van der Waals surface area contributed by atoms with E-state index in [1.165, 1.54) is 5.70 Å². The van der Waals surface area contributed by atoms with Crippen LogP contribution >= 0.6 is 0 Å². The van der Waals surface area contributed by atoms with Gasteiger partial charge in [0, 0.05) is 43.5 Å². The third kappa shape index (κ3) is 2.35. The van der Waals surface area contributed by atoms with Gasteiger partial charge in [0.25, 0.3) is 0 Å². The molecule has 2 rings (SSSR count). The Hall–Kier alpha value is -0.740. The fourth-order valence-electron chi connectivity index (χ4n) is 1.76. The third-order valence-corrected chi connectivity index (χ3v) is 2.59. The largest absolute Gasteiger partial charge is 0.372 e. The summed E-state index contributed by atoms with van der Waals surface area (Å²) in [4.78, 5) is 0. The molecule has 0 amide bonds. The van der Waals surface area contributed by atoms with Crippen molar-refractivity contribution < 1.29 is 0 Å². The highest BCUT2D eigenvalue weighted by atomic mass is 15.1. The van der Waals surface area contributed by atoms with Gasteiger partial charge in [-0.15, -0.1) is 0 Å². The molecule has 2 unspecified atom stereocenters. The van der Waals surface area contributed by atoms with Gasteiger partial charge >= 0.3 is 0 Å². The molecule has 0 aromatic heterocycles. The van der Waals surface area contributed by atoms with E-state index in [-0.39, 0.29) is 0 Å². The van der Waals surface area contributed by atoms with Crippen LogP contribution < -0.4 is 21.3 Å². The minimum absolute atomic E-state index is 0.579. The zero-order chi connectivity index (χ0) is 9.10. The zero-order valence-corrected chi connectivity index (χ0v) is 8.06. The van der Waals surface area contributed by atoms with E-state index < -0.39 is 0 Å². The lowest BCUT2D eigenvalue weighted by Crippen LogP contribution is -2.53. The molecule has 2 atom stereocenters. The number of hydrogen-bond donors (Lipinski definition) is 4. The second-order valence-electron chi connectivity index (χ2n) is 3.85. The summed E-state index contributed by atoms with van der Waals surface area (Å²) in [6, 6.07) is 1.19. The second kappa shape index (κ2) is 3.98. The molecule has 0 radical (unpaired) electrons. The molecule has 0 aliphatic carbocycles. The van der Waals surface area contributed by atoms with Gasteiger partial charge in [0.2, 0.25) is 0 Å². The Balaban J connectivity index is 1.75. The van der Waals surface area contributed by atoms with Gasteiger partial charge in [-0.25, -0.2) is 0 Å². The van der Waals surface area contributed by atoms with E-state index in [4.69, 9.17) is 0 Å². The molecular formula is C9H18N4. The van der Waals surface area contributed by atoms with Crippen LogP contribution in [-0.2, 0) is 0 Å². The summed E-state index contributed by atoms with van der Waals surface area (Å²) in [5, 5.41) is 13.4. The molecular weight excluding hydrogens is 164 g/mol. The number of rotatable bonds is 2. The van der Waals surface area contributed by atoms with Crippen molar-refractivity contribution in [2.75, 3.05) is 19.8 Å². The predicted molar refractivity (Wildman–Crippen MR) is 53.1 cm³/mol. The zero-order valence-electron chi connectivity index (χ0n) is 8.06. The van der Waals surface area contributed by atoms with Crippen LogP contribution in [0.25, 0.3) is 0 Å². The van der Waals surface area contributed by atoms with Crippen LogP contribution in [0.3, 0.4) is 0 Å². The highest BCUT2D eigenvalue weighted by Crippen LogP contribution is 2.06. The topological polar surface area (TPSA) is 48.1 Å². The van der Waals surface area contributed by atoms with Gasteiger partial charge in [-0.1, -0.05) is 0 Å². The van der Waals surface area contributed by atoms with Crippen molar-refractivity contribution in [1.29, 1.82) is 0 Å². The van der Waals surface area contributed by atoms with E-state index in [1.54, 1.807) is 0 Å². The van der Waals surface area contributed by atoms with Crippen LogP contribution in [0.2, 0.25) is 0 Å². The minimum Gasteiger partial charge on any atom is -0.372 e. The van der Waals surface area contributed by atoms with Gasteiger partial charge in [-0.3, -0.25) is 0 Å². The van der Waals surface area contributed by atoms with Crippen LogP contribution in [0.15, 0.2) is 11.9 Å². The van der Waals surface area contributed by atoms with E-state index in [9.17, 15) is 0 Å². The summed E-state index contributed by atoms with van der Waals surface area (Å²) in [5.74, 6) is 0. The van der Waals surface area contributed by atoms with Crippen LogP contribution in [0, 0.1) is 0 Å². The van der Waals surface area contributed by atoms with Crippen molar-refractivity contribution in [3.63, 3.8) is 0 Å². The molecule has 0 aromatic carbocycles. The van der Waals surface area contributed by atoms with Crippen molar-refractivity contribution >= 4 is 0 Å². The Kier molecular flexibility index (Phi) is 2.71. The first-order valence-corrected chi connectivity index (χ1v) is 4.97. The van der Waals surface area contributed by atoms with E-state index in [0.717, 1.165) is 26.2 Å². The number of hydrogen-bond acceptors (Lipinski definition) is 4. The molecule has 0 aromatic rings. The van der Waals surface area contributed by atoms with E-state index in [1.807, 2.05) is 0 Å². The summed E-state index contributed by atoms with van der Waals surface area (Å²) in [6.45, 7) is 5.23. The lowest BCUT2D eigenvalue weighted by atomic mass is 10.1. The number of nitrogens with one attached hydrogen (secondary N) is 4. The van der Waals surface area contributed by atoms with Gasteiger partial charge in [0.05, 0.1) is 6.67 Å². The molecule has 4 heteroatoms. The van der Waals surface area contributed by atoms with Gasteiger partial charge in [0.1, 0.15) is 0 Å². The molecule has 1 fully saturated rings. The lowest BCUT2D eigenvalue weighted by Gasteiger charge is -2.29. The van der Waals surface area contributed by atoms with Gasteiger partial charge < -0.3 is 21.3 Å². The smallest absolute Gasteiger partial charge is 0.0843 e. The molecule has 1 saturated heterocycles. The van der Waals surface area contributed by atoms with E-state index in [0.29, 0.717) is 12.1 Å². The SMILES string of the molecule is CC1CNC(CC2=CNCN2)CN1. The average molecular weight is 182 g/mol. The first-order valence-electron chi connectivity index (χ1n) is 4.97. The summed E-state index contributed by atoms with van der Waals surface area (Å²) in [6.07, 6.45) is 3.16. The fourth-order valence-corrected chi connectivity index (χ4v) is 1.76. The van der Waals surface area contributed by atoms with Crippen LogP contribution in [0.1, 0.15) is 13.3 Å². The van der Waals surface area contributed by atoms with Crippen LogP contribution in [-0.4, -0.2) is 31.8 Å². The van der Waals surface area contributed by atoms with E-state index in [2.05, 4.69) is 34.4 Å². The molecule has 74 valence electrons. The van der Waals surface area contributed by atoms with Crippen LogP contribution in [0.4, 0.5) is 0 Å².